The topological polar surface area (TPSA) is 56.3 Å². The summed E-state index contributed by atoms with van der Waals surface area (Å²) in [6.45, 7) is 2.59. The van der Waals surface area contributed by atoms with Crippen molar-refractivity contribution in [1.82, 2.24) is 9.80 Å². The summed E-state index contributed by atoms with van der Waals surface area (Å²) < 4.78 is 21.1. The van der Waals surface area contributed by atoms with E-state index in [-0.39, 0.29) is 24.0 Å². The standard InChI is InChI=1S/C23H25ClFN3O3/c1-26-7-8-28(23(26)30)15-3-2-4-17(11-15)31-22-19-9-14(24)10-20(25)18(19)12-21(22)27-6-5-16(29)13-27/h2-4,9-11,16,21-22,29H,5-8,12-13H2,1H3/t16-,21-,22+/m1/s1. The van der Waals surface area contributed by atoms with Crippen molar-refractivity contribution in [2.45, 2.75) is 31.1 Å². The first kappa shape index (κ1) is 20.5. The van der Waals surface area contributed by atoms with Crippen molar-refractivity contribution >= 4 is 23.3 Å². The van der Waals surface area contributed by atoms with Crippen LogP contribution in [0.4, 0.5) is 14.9 Å². The van der Waals surface area contributed by atoms with Crippen LogP contribution in [0.1, 0.15) is 23.7 Å². The maximum atomic E-state index is 14.7. The third-order valence-corrected chi connectivity index (χ3v) is 6.75. The predicted molar refractivity (Wildman–Crippen MR) is 116 cm³/mol. The van der Waals surface area contributed by atoms with Gasteiger partial charge in [0.05, 0.1) is 12.1 Å². The van der Waals surface area contributed by atoms with Gasteiger partial charge in [-0.15, -0.1) is 0 Å². The Balaban J connectivity index is 1.46. The Morgan fingerprint density at radius 3 is 2.74 bits per heavy atom. The molecular formula is C23H25ClFN3O3. The summed E-state index contributed by atoms with van der Waals surface area (Å²) in [7, 11) is 1.78. The summed E-state index contributed by atoms with van der Waals surface area (Å²) in [6.07, 6.45) is 0.410. The minimum absolute atomic E-state index is 0.0406. The van der Waals surface area contributed by atoms with E-state index in [1.807, 2.05) is 24.3 Å². The van der Waals surface area contributed by atoms with Crippen molar-refractivity contribution in [2.75, 3.05) is 38.1 Å². The lowest BCUT2D eigenvalue weighted by Crippen LogP contribution is -2.39. The number of anilines is 1. The Hall–Kier alpha value is -2.35. The van der Waals surface area contributed by atoms with Crippen molar-refractivity contribution in [1.29, 1.82) is 0 Å². The number of aliphatic hydroxyl groups excluding tert-OH is 1. The molecule has 3 aliphatic rings. The number of fused-ring (bicyclic) bond motifs is 1. The van der Waals surface area contributed by atoms with E-state index in [1.165, 1.54) is 6.07 Å². The molecule has 0 unspecified atom stereocenters. The summed E-state index contributed by atoms with van der Waals surface area (Å²) in [5.41, 5.74) is 2.14. The zero-order valence-electron chi connectivity index (χ0n) is 17.3. The zero-order chi connectivity index (χ0) is 21.7. The van der Waals surface area contributed by atoms with Gasteiger partial charge in [-0.1, -0.05) is 17.7 Å². The Morgan fingerprint density at radius 1 is 1.19 bits per heavy atom. The van der Waals surface area contributed by atoms with Gasteiger partial charge in [-0.2, -0.15) is 0 Å². The third kappa shape index (κ3) is 3.75. The molecule has 164 valence electrons. The molecule has 0 spiro atoms. The second-order valence-electron chi connectivity index (χ2n) is 8.56. The number of rotatable bonds is 4. The second-order valence-corrected chi connectivity index (χ2v) is 8.99. The van der Waals surface area contributed by atoms with Crippen molar-refractivity contribution in [2.24, 2.45) is 0 Å². The number of nitrogens with zero attached hydrogens (tertiary/aromatic N) is 3. The van der Waals surface area contributed by atoms with Crippen molar-refractivity contribution < 1.29 is 19.0 Å². The van der Waals surface area contributed by atoms with Gasteiger partial charge in [-0.3, -0.25) is 9.80 Å². The van der Waals surface area contributed by atoms with E-state index in [1.54, 1.807) is 22.9 Å². The van der Waals surface area contributed by atoms with Crippen molar-refractivity contribution in [3.05, 3.63) is 58.4 Å². The second kappa shape index (κ2) is 7.97. The van der Waals surface area contributed by atoms with Crippen LogP contribution in [0.25, 0.3) is 0 Å². The van der Waals surface area contributed by atoms with E-state index >= 15 is 0 Å². The highest BCUT2D eigenvalue weighted by atomic mass is 35.5. The fourth-order valence-corrected chi connectivity index (χ4v) is 5.12. The van der Waals surface area contributed by atoms with Gasteiger partial charge in [0.15, 0.2) is 0 Å². The molecule has 2 fully saturated rings. The van der Waals surface area contributed by atoms with E-state index in [0.717, 1.165) is 17.8 Å². The quantitative estimate of drug-likeness (QED) is 0.783. The van der Waals surface area contributed by atoms with Gasteiger partial charge >= 0.3 is 6.03 Å². The molecule has 1 N–H and O–H groups in total. The number of hydrogen-bond acceptors (Lipinski definition) is 4. The van der Waals surface area contributed by atoms with Gasteiger partial charge in [-0.25, -0.2) is 9.18 Å². The Bertz CT molecular complexity index is 1020. The lowest BCUT2D eigenvalue weighted by Gasteiger charge is -2.30. The fraction of sp³-hybridized carbons (Fsp3) is 0.435. The maximum Gasteiger partial charge on any atom is 0.324 e. The molecule has 2 saturated heterocycles. The van der Waals surface area contributed by atoms with E-state index in [9.17, 15) is 14.3 Å². The molecule has 2 aromatic carbocycles. The lowest BCUT2D eigenvalue weighted by molar-refractivity contribution is 0.0818. The number of benzene rings is 2. The molecule has 5 rings (SSSR count). The molecule has 0 saturated carbocycles. The molecule has 0 aromatic heterocycles. The van der Waals surface area contributed by atoms with Crippen molar-refractivity contribution in [3.63, 3.8) is 0 Å². The first-order chi connectivity index (χ1) is 14.9. The summed E-state index contributed by atoms with van der Waals surface area (Å²) >= 11 is 6.17. The number of urea groups is 1. The molecule has 31 heavy (non-hydrogen) atoms. The van der Waals surface area contributed by atoms with Crippen LogP contribution in [0.15, 0.2) is 36.4 Å². The number of halogens is 2. The van der Waals surface area contributed by atoms with Crippen LogP contribution in [-0.4, -0.2) is 66.3 Å². The molecule has 0 bridgehead atoms. The van der Waals surface area contributed by atoms with E-state index in [0.29, 0.717) is 48.8 Å². The highest BCUT2D eigenvalue weighted by Crippen LogP contribution is 2.42. The molecule has 2 aliphatic heterocycles. The number of amides is 2. The molecule has 2 aromatic rings. The van der Waals surface area contributed by atoms with Crippen LogP contribution in [-0.2, 0) is 6.42 Å². The zero-order valence-corrected chi connectivity index (χ0v) is 18.1. The van der Waals surface area contributed by atoms with Gasteiger partial charge in [0.25, 0.3) is 0 Å². The average molecular weight is 446 g/mol. The van der Waals surface area contributed by atoms with E-state index in [2.05, 4.69) is 4.90 Å². The Labute approximate surface area is 185 Å². The van der Waals surface area contributed by atoms with Gasteiger partial charge in [0, 0.05) is 55.6 Å². The molecule has 0 radical (unpaired) electrons. The monoisotopic (exact) mass is 445 g/mol. The fourth-order valence-electron chi connectivity index (χ4n) is 4.91. The van der Waals surface area contributed by atoms with Gasteiger partial charge in [0.1, 0.15) is 17.7 Å². The summed E-state index contributed by atoms with van der Waals surface area (Å²) in [6, 6.07) is 10.4. The minimum atomic E-state index is -0.416. The molecule has 1 aliphatic carbocycles. The van der Waals surface area contributed by atoms with Crippen molar-refractivity contribution in [3.8, 4) is 5.75 Å². The maximum absolute atomic E-state index is 14.7. The highest BCUT2D eigenvalue weighted by molar-refractivity contribution is 6.30. The molecule has 6 nitrogen and oxygen atoms in total. The normalized spacial score (nSPS) is 26.1. The average Bonchev–Trinajstić information content (AvgIpc) is 3.41. The van der Waals surface area contributed by atoms with Crippen LogP contribution in [0, 0.1) is 5.82 Å². The number of likely N-dealkylation sites (N-methyl/N-ethyl adjacent to an activating group) is 1. The van der Waals surface area contributed by atoms with Crippen LogP contribution >= 0.6 is 11.6 Å². The lowest BCUT2D eigenvalue weighted by atomic mass is 10.1. The van der Waals surface area contributed by atoms with Gasteiger partial charge < -0.3 is 14.7 Å². The SMILES string of the molecule is CN1CCN(c2cccc(O[C@H]3c4cc(Cl)cc(F)c4C[C@H]3N3CC[C@@H](O)C3)c2)C1=O. The molecule has 2 heterocycles. The van der Waals surface area contributed by atoms with Gasteiger partial charge in [0.2, 0.25) is 0 Å². The minimum Gasteiger partial charge on any atom is -0.484 e. The molecule has 2 amide bonds. The number of aliphatic hydroxyl groups is 1. The number of hydrogen-bond donors (Lipinski definition) is 1. The highest BCUT2D eigenvalue weighted by Gasteiger charge is 2.42. The smallest absolute Gasteiger partial charge is 0.324 e. The predicted octanol–water partition coefficient (Wildman–Crippen LogP) is 3.46. The van der Waals surface area contributed by atoms with Crippen LogP contribution < -0.4 is 9.64 Å². The Morgan fingerprint density at radius 2 is 2.03 bits per heavy atom. The van der Waals surface area contributed by atoms with E-state index < -0.39 is 6.10 Å². The first-order valence-electron chi connectivity index (χ1n) is 10.6. The first-order valence-corrected chi connectivity index (χ1v) is 11.0. The summed E-state index contributed by atoms with van der Waals surface area (Å²) in [5, 5.41) is 10.4. The number of ether oxygens (including phenoxy) is 1. The molecule has 8 heteroatoms. The molecule has 3 atom stereocenters. The van der Waals surface area contributed by atoms with Crippen LogP contribution in [0.5, 0.6) is 5.75 Å². The van der Waals surface area contributed by atoms with E-state index in [4.69, 9.17) is 16.3 Å². The Kier molecular flexibility index (Phi) is 5.28. The number of carbonyl (C=O) groups excluding carboxylic acids is 1. The number of β-amino-alcohol motifs (C(OH)–C–C–N with tert-alkyl or cyclic N) is 1. The number of carbonyl (C=O) groups is 1. The van der Waals surface area contributed by atoms with Crippen LogP contribution in [0.2, 0.25) is 5.02 Å². The summed E-state index contributed by atoms with van der Waals surface area (Å²) in [4.78, 5) is 18.0. The third-order valence-electron chi connectivity index (χ3n) is 6.54. The van der Waals surface area contributed by atoms with Gasteiger partial charge in [-0.05, 0) is 42.7 Å². The largest absolute Gasteiger partial charge is 0.484 e. The van der Waals surface area contributed by atoms with Crippen LogP contribution in [0.3, 0.4) is 0 Å². The number of likely N-dealkylation sites (tertiary alicyclic amines) is 1. The summed E-state index contributed by atoms with van der Waals surface area (Å²) in [5.74, 6) is 0.292. The molecular weight excluding hydrogens is 421 g/mol.